The van der Waals surface area contributed by atoms with Gasteiger partial charge in [-0.25, -0.2) is 0 Å². The minimum Gasteiger partial charge on any atom is -0.481 e. The van der Waals surface area contributed by atoms with Crippen molar-refractivity contribution in [2.45, 2.75) is 39.3 Å². The summed E-state index contributed by atoms with van der Waals surface area (Å²) in [5, 5.41) is 22.2. The van der Waals surface area contributed by atoms with Crippen molar-refractivity contribution in [1.29, 1.82) is 0 Å². The molecule has 2 unspecified atom stereocenters. The van der Waals surface area contributed by atoms with Crippen LogP contribution in [0.1, 0.15) is 36.1 Å². The van der Waals surface area contributed by atoms with E-state index >= 15 is 0 Å². The molecule has 100 valence electrons. The predicted molar refractivity (Wildman–Crippen MR) is 70.6 cm³/mol. The Morgan fingerprint density at radius 2 is 2.06 bits per heavy atom. The molecule has 4 nitrogen and oxygen atoms in total. The van der Waals surface area contributed by atoms with Crippen LogP contribution in [0.2, 0.25) is 0 Å². The molecule has 0 saturated carbocycles. The number of nitrogens with one attached hydrogen (secondary N) is 1. The highest BCUT2D eigenvalue weighted by atomic mass is 16.4. The fraction of sp³-hybridized carbons (Fsp3) is 0.500. The number of carboxylic acids is 1. The van der Waals surface area contributed by atoms with Crippen LogP contribution in [-0.4, -0.2) is 28.8 Å². The number of carboxylic acid groups (broad SMARTS) is 1. The maximum absolute atomic E-state index is 10.8. The molecule has 1 aromatic rings. The molecular weight excluding hydrogens is 230 g/mol. The minimum atomic E-state index is -0.912. The zero-order valence-electron chi connectivity index (χ0n) is 11.1. The van der Waals surface area contributed by atoms with Crippen LogP contribution in [0.3, 0.4) is 0 Å². The van der Waals surface area contributed by atoms with Crippen LogP contribution in [0.15, 0.2) is 18.2 Å². The molecular formula is C14H21NO3. The zero-order chi connectivity index (χ0) is 13.7. The smallest absolute Gasteiger partial charge is 0.305 e. The number of aliphatic hydroxyl groups excluding tert-OH is 1. The Bertz CT molecular complexity index is 418. The molecule has 0 aliphatic carbocycles. The average Bonchev–Trinajstić information content (AvgIpc) is 2.30. The first-order valence-electron chi connectivity index (χ1n) is 6.16. The molecule has 0 aromatic heterocycles. The summed E-state index contributed by atoms with van der Waals surface area (Å²) >= 11 is 0. The molecule has 0 heterocycles. The third kappa shape index (κ3) is 3.82. The van der Waals surface area contributed by atoms with Crippen LogP contribution < -0.4 is 5.32 Å². The third-order valence-electron chi connectivity index (χ3n) is 3.00. The topological polar surface area (TPSA) is 69.6 Å². The number of aryl methyl sites for hydroxylation is 2. The van der Waals surface area contributed by atoms with Gasteiger partial charge in [0.25, 0.3) is 0 Å². The standard InChI is InChI=1S/C14H21NO3/c1-4-15-12(8-13(16)17)14(18)11-7-9(2)5-6-10(11)3/h5-7,12,14-15,18H,4,8H2,1-3H3,(H,16,17). The van der Waals surface area contributed by atoms with Gasteiger partial charge in [0, 0.05) is 6.04 Å². The number of aliphatic carboxylic acids is 1. The predicted octanol–water partition coefficient (Wildman–Crippen LogP) is 1.79. The average molecular weight is 251 g/mol. The van der Waals surface area contributed by atoms with Crippen molar-refractivity contribution in [1.82, 2.24) is 5.32 Å². The lowest BCUT2D eigenvalue weighted by atomic mass is 9.94. The van der Waals surface area contributed by atoms with Crippen molar-refractivity contribution >= 4 is 5.97 Å². The first-order chi connectivity index (χ1) is 8.45. The molecule has 18 heavy (non-hydrogen) atoms. The summed E-state index contributed by atoms with van der Waals surface area (Å²) in [6.45, 7) is 6.39. The van der Waals surface area contributed by atoms with Crippen molar-refractivity contribution in [3.05, 3.63) is 34.9 Å². The molecule has 1 rings (SSSR count). The fourth-order valence-corrected chi connectivity index (χ4v) is 2.04. The van der Waals surface area contributed by atoms with Crippen molar-refractivity contribution in [2.75, 3.05) is 6.54 Å². The van der Waals surface area contributed by atoms with E-state index in [2.05, 4.69) is 5.32 Å². The zero-order valence-corrected chi connectivity index (χ0v) is 11.1. The SMILES string of the molecule is CCNC(CC(=O)O)C(O)c1cc(C)ccc1C. The highest BCUT2D eigenvalue weighted by Gasteiger charge is 2.23. The molecule has 0 spiro atoms. The molecule has 2 atom stereocenters. The number of hydrogen-bond acceptors (Lipinski definition) is 3. The highest BCUT2D eigenvalue weighted by molar-refractivity contribution is 5.67. The summed E-state index contributed by atoms with van der Waals surface area (Å²) in [7, 11) is 0. The Morgan fingerprint density at radius 1 is 1.39 bits per heavy atom. The van der Waals surface area contributed by atoms with E-state index in [1.54, 1.807) is 0 Å². The maximum Gasteiger partial charge on any atom is 0.305 e. The van der Waals surface area contributed by atoms with E-state index in [-0.39, 0.29) is 6.42 Å². The normalized spacial score (nSPS) is 14.2. The van der Waals surface area contributed by atoms with E-state index in [4.69, 9.17) is 5.11 Å². The monoisotopic (exact) mass is 251 g/mol. The Hall–Kier alpha value is -1.39. The second-order valence-electron chi connectivity index (χ2n) is 4.57. The van der Waals surface area contributed by atoms with Gasteiger partial charge in [-0.1, -0.05) is 30.7 Å². The van der Waals surface area contributed by atoms with Crippen LogP contribution >= 0.6 is 0 Å². The number of aliphatic hydroxyl groups is 1. The van der Waals surface area contributed by atoms with Crippen LogP contribution in [0.4, 0.5) is 0 Å². The first kappa shape index (κ1) is 14.7. The van der Waals surface area contributed by atoms with Crippen LogP contribution in [0, 0.1) is 13.8 Å². The number of likely N-dealkylation sites (N-methyl/N-ethyl adjacent to an activating group) is 1. The van der Waals surface area contributed by atoms with Crippen LogP contribution in [-0.2, 0) is 4.79 Å². The molecule has 0 aliphatic rings. The summed E-state index contributed by atoms with van der Waals surface area (Å²) < 4.78 is 0. The van der Waals surface area contributed by atoms with Gasteiger partial charge in [-0.15, -0.1) is 0 Å². The van der Waals surface area contributed by atoms with Crippen LogP contribution in [0.25, 0.3) is 0 Å². The number of hydrogen-bond donors (Lipinski definition) is 3. The van der Waals surface area contributed by atoms with Crippen molar-refractivity contribution < 1.29 is 15.0 Å². The summed E-state index contributed by atoms with van der Waals surface area (Å²) in [5.74, 6) is -0.912. The van der Waals surface area contributed by atoms with E-state index in [9.17, 15) is 9.90 Å². The van der Waals surface area contributed by atoms with Gasteiger partial charge < -0.3 is 15.5 Å². The molecule has 0 aliphatic heterocycles. The van der Waals surface area contributed by atoms with E-state index in [1.807, 2.05) is 39.0 Å². The van der Waals surface area contributed by atoms with Gasteiger partial charge in [0.1, 0.15) is 0 Å². The van der Waals surface area contributed by atoms with Gasteiger partial charge in [0.15, 0.2) is 0 Å². The second kappa shape index (κ2) is 6.52. The Morgan fingerprint density at radius 3 is 2.61 bits per heavy atom. The molecule has 3 N–H and O–H groups in total. The molecule has 0 amide bonds. The van der Waals surface area contributed by atoms with Gasteiger partial charge in [-0.05, 0) is 31.5 Å². The maximum atomic E-state index is 10.8. The number of carbonyl (C=O) groups is 1. The Kier molecular flexibility index (Phi) is 5.31. The quantitative estimate of drug-likeness (QED) is 0.721. The fourth-order valence-electron chi connectivity index (χ4n) is 2.04. The van der Waals surface area contributed by atoms with E-state index < -0.39 is 18.1 Å². The lowest BCUT2D eigenvalue weighted by molar-refractivity contribution is -0.138. The second-order valence-corrected chi connectivity index (χ2v) is 4.57. The Labute approximate surface area is 108 Å². The lowest BCUT2D eigenvalue weighted by Crippen LogP contribution is -2.37. The van der Waals surface area contributed by atoms with E-state index in [0.717, 1.165) is 16.7 Å². The molecule has 0 radical (unpaired) electrons. The van der Waals surface area contributed by atoms with Crippen molar-refractivity contribution in [2.24, 2.45) is 0 Å². The van der Waals surface area contributed by atoms with Gasteiger partial charge >= 0.3 is 5.97 Å². The lowest BCUT2D eigenvalue weighted by Gasteiger charge is -2.24. The summed E-state index contributed by atoms with van der Waals surface area (Å²) in [6, 6.07) is 5.36. The van der Waals surface area contributed by atoms with Gasteiger partial charge in [0.2, 0.25) is 0 Å². The number of benzene rings is 1. The molecule has 0 saturated heterocycles. The molecule has 4 heteroatoms. The van der Waals surface area contributed by atoms with E-state index in [1.165, 1.54) is 0 Å². The van der Waals surface area contributed by atoms with Gasteiger partial charge in [0.05, 0.1) is 12.5 Å². The van der Waals surface area contributed by atoms with Crippen molar-refractivity contribution in [3.8, 4) is 0 Å². The largest absolute Gasteiger partial charge is 0.481 e. The Balaban J connectivity index is 2.96. The van der Waals surface area contributed by atoms with Gasteiger partial charge in [-0.3, -0.25) is 4.79 Å². The number of rotatable bonds is 6. The minimum absolute atomic E-state index is 0.0949. The molecule has 0 bridgehead atoms. The summed E-state index contributed by atoms with van der Waals surface area (Å²) in [6.07, 6.45) is -0.900. The van der Waals surface area contributed by atoms with Crippen molar-refractivity contribution in [3.63, 3.8) is 0 Å². The summed E-state index contributed by atoms with van der Waals surface area (Å²) in [5.41, 5.74) is 2.82. The third-order valence-corrected chi connectivity index (χ3v) is 3.00. The molecule has 1 aromatic carbocycles. The summed E-state index contributed by atoms with van der Waals surface area (Å²) in [4.78, 5) is 10.8. The van der Waals surface area contributed by atoms with Crippen LogP contribution in [0.5, 0.6) is 0 Å². The highest BCUT2D eigenvalue weighted by Crippen LogP contribution is 2.23. The first-order valence-corrected chi connectivity index (χ1v) is 6.16. The van der Waals surface area contributed by atoms with E-state index in [0.29, 0.717) is 6.54 Å². The van der Waals surface area contributed by atoms with Gasteiger partial charge in [-0.2, -0.15) is 0 Å². The molecule has 0 fully saturated rings.